The van der Waals surface area contributed by atoms with E-state index in [9.17, 15) is 0 Å². The third kappa shape index (κ3) is 1.86. The molecular weight excluding hydrogens is 142 g/mol. The van der Waals surface area contributed by atoms with E-state index in [1.807, 2.05) is 0 Å². The molecule has 0 saturated carbocycles. The Labute approximate surface area is 64.7 Å². The van der Waals surface area contributed by atoms with E-state index in [-0.39, 0.29) is 6.04 Å². The van der Waals surface area contributed by atoms with Gasteiger partial charge >= 0.3 is 0 Å². The van der Waals surface area contributed by atoms with Gasteiger partial charge in [0.15, 0.2) is 0 Å². The van der Waals surface area contributed by atoms with Crippen LogP contribution in [0.2, 0.25) is 0 Å². The second-order valence-corrected chi connectivity index (χ2v) is 2.11. The summed E-state index contributed by atoms with van der Waals surface area (Å²) in [5.41, 5.74) is 2.60. The quantitative estimate of drug-likeness (QED) is 0.320. The van der Waals surface area contributed by atoms with Crippen LogP contribution in [-0.2, 0) is 0 Å². The second-order valence-electron chi connectivity index (χ2n) is 2.11. The van der Waals surface area contributed by atoms with Crippen LogP contribution in [0.25, 0.3) is 0 Å². The molecule has 0 aromatic carbocycles. The molecule has 1 aromatic rings. The monoisotopic (exact) mass is 153 g/mol. The van der Waals surface area contributed by atoms with Crippen molar-refractivity contribution in [2.45, 2.75) is 12.5 Å². The van der Waals surface area contributed by atoms with Crippen LogP contribution in [0, 0.1) is 0 Å². The highest BCUT2D eigenvalue weighted by Crippen LogP contribution is 2.08. The van der Waals surface area contributed by atoms with Crippen LogP contribution >= 0.6 is 0 Å². The van der Waals surface area contributed by atoms with Gasteiger partial charge in [-0.15, -0.1) is 6.58 Å². The van der Waals surface area contributed by atoms with Crippen molar-refractivity contribution < 1.29 is 0 Å². The number of hydrazine groups is 1. The predicted molar refractivity (Wildman–Crippen MR) is 41.3 cm³/mol. The zero-order chi connectivity index (χ0) is 8.10. The molecule has 0 aliphatic heterocycles. The summed E-state index contributed by atoms with van der Waals surface area (Å²) in [4.78, 5) is 3.95. The van der Waals surface area contributed by atoms with Crippen LogP contribution in [0.3, 0.4) is 0 Å². The highest BCUT2D eigenvalue weighted by molar-refractivity contribution is 4.93. The first-order valence-corrected chi connectivity index (χ1v) is 3.30. The SMILES string of the molecule is C=CCC(NN)c1ncn[nH]1. The summed E-state index contributed by atoms with van der Waals surface area (Å²) < 4.78 is 0. The Kier molecular flexibility index (Phi) is 2.76. The van der Waals surface area contributed by atoms with Gasteiger partial charge in [0, 0.05) is 0 Å². The first-order chi connectivity index (χ1) is 5.38. The largest absolute Gasteiger partial charge is 0.271 e. The Morgan fingerprint density at radius 1 is 1.91 bits per heavy atom. The Bertz CT molecular complexity index is 205. The van der Waals surface area contributed by atoms with Crippen LogP contribution in [0.4, 0.5) is 0 Å². The average Bonchev–Trinajstić information content (AvgIpc) is 2.52. The summed E-state index contributed by atoms with van der Waals surface area (Å²) >= 11 is 0. The molecule has 11 heavy (non-hydrogen) atoms. The number of nitrogens with zero attached hydrogens (tertiary/aromatic N) is 2. The lowest BCUT2D eigenvalue weighted by Crippen LogP contribution is -2.28. The number of hydrogen-bond acceptors (Lipinski definition) is 4. The van der Waals surface area contributed by atoms with Crippen LogP contribution in [0.5, 0.6) is 0 Å². The van der Waals surface area contributed by atoms with Crippen LogP contribution in [-0.4, -0.2) is 15.2 Å². The number of H-pyrrole nitrogens is 1. The molecule has 1 heterocycles. The fraction of sp³-hybridized carbons (Fsp3) is 0.333. The molecule has 1 atom stereocenters. The van der Waals surface area contributed by atoms with Crippen molar-refractivity contribution in [1.29, 1.82) is 0 Å². The molecule has 0 bridgehead atoms. The van der Waals surface area contributed by atoms with E-state index in [2.05, 4.69) is 27.2 Å². The third-order valence-corrected chi connectivity index (χ3v) is 1.37. The fourth-order valence-electron chi connectivity index (χ4n) is 0.808. The molecule has 0 fully saturated rings. The van der Waals surface area contributed by atoms with Gasteiger partial charge in [0.05, 0.1) is 6.04 Å². The molecular formula is C6H11N5. The van der Waals surface area contributed by atoms with E-state index >= 15 is 0 Å². The maximum Gasteiger partial charge on any atom is 0.143 e. The number of hydrogen-bond donors (Lipinski definition) is 3. The summed E-state index contributed by atoms with van der Waals surface area (Å²) in [6.45, 7) is 3.60. The molecule has 1 rings (SSSR count). The molecule has 0 aliphatic rings. The molecule has 1 aromatic heterocycles. The number of aromatic amines is 1. The lowest BCUT2D eigenvalue weighted by atomic mass is 10.2. The van der Waals surface area contributed by atoms with Gasteiger partial charge in [0.25, 0.3) is 0 Å². The minimum absolute atomic E-state index is 0.0185. The van der Waals surface area contributed by atoms with Crippen molar-refractivity contribution in [1.82, 2.24) is 20.6 Å². The summed E-state index contributed by atoms with van der Waals surface area (Å²) in [7, 11) is 0. The number of rotatable bonds is 4. The predicted octanol–water partition coefficient (Wildman–Crippen LogP) is -0.115. The Morgan fingerprint density at radius 2 is 2.73 bits per heavy atom. The standard InChI is InChI=1S/C6H11N5/c1-2-3-5(10-7)6-8-4-9-11-6/h2,4-5,10H,1,3,7H2,(H,8,9,11). The minimum Gasteiger partial charge on any atom is -0.271 e. The zero-order valence-electron chi connectivity index (χ0n) is 6.12. The Hall–Kier alpha value is -1.20. The first-order valence-electron chi connectivity index (χ1n) is 3.30. The van der Waals surface area contributed by atoms with Gasteiger partial charge in [-0.05, 0) is 6.42 Å². The topological polar surface area (TPSA) is 79.6 Å². The summed E-state index contributed by atoms with van der Waals surface area (Å²) in [6, 6.07) is -0.0185. The van der Waals surface area contributed by atoms with Crippen LogP contribution in [0.1, 0.15) is 18.3 Å². The summed E-state index contributed by atoms with van der Waals surface area (Å²) in [6.07, 6.45) is 3.95. The Balaban J connectivity index is 2.62. The molecule has 1 unspecified atom stereocenters. The highest BCUT2D eigenvalue weighted by Gasteiger charge is 2.09. The summed E-state index contributed by atoms with van der Waals surface area (Å²) in [5, 5.41) is 6.43. The van der Waals surface area contributed by atoms with E-state index in [4.69, 9.17) is 5.84 Å². The molecule has 0 radical (unpaired) electrons. The maximum absolute atomic E-state index is 5.26. The van der Waals surface area contributed by atoms with Gasteiger partial charge in [-0.3, -0.25) is 10.9 Å². The van der Waals surface area contributed by atoms with Crippen molar-refractivity contribution in [2.24, 2.45) is 5.84 Å². The maximum atomic E-state index is 5.26. The van der Waals surface area contributed by atoms with Gasteiger partial charge in [0.2, 0.25) is 0 Å². The highest BCUT2D eigenvalue weighted by atomic mass is 15.3. The van der Waals surface area contributed by atoms with E-state index in [1.54, 1.807) is 6.08 Å². The Morgan fingerprint density at radius 3 is 3.18 bits per heavy atom. The van der Waals surface area contributed by atoms with Crippen molar-refractivity contribution >= 4 is 0 Å². The number of aromatic nitrogens is 3. The number of nitrogens with two attached hydrogens (primary N) is 1. The molecule has 4 N–H and O–H groups in total. The van der Waals surface area contributed by atoms with E-state index in [1.165, 1.54) is 6.33 Å². The van der Waals surface area contributed by atoms with E-state index < -0.39 is 0 Å². The van der Waals surface area contributed by atoms with Crippen molar-refractivity contribution in [3.63, 3.8) is 0 Å². The summed E-state index contributed by atoms with van der Waals surface area (Å²) in [5.74, 6) is 5.99. The zero-order valence-corrected chi connectivity index (χ0v) is 6.12. The fourth-order valence-corrected chi connectivity index (χ4v) is 0.808. The molecule has 0 saturated heterocycles. The van der Waals surface area contributed by atoms with Crippen LogP contribution in [0.15, 0.2) is 19.0 Å². The van der Waals surface area contributed by atoms with Gasteiger partial charge < -0.3 is 0 Å². The molecule has 5 nitrogen and oxygen atoms in total. The molecule has 0 spiro atoms. The molecule has 0 amide bonds. The van der Waals surface area contributed by atoms with E-state index in [0.717, 1.165) is 12.2 Å². The average molecular weight is 153 g/mol. The van der Waals surface area contributed by atoms with Gasteiger partial charge in [-0.25, -0.2) is 10.4 Å². The minimum atomic E-state index is -0.0185. The normalized spacial score (nSPS) is 12.8. The molecule has 5 heteroatoms. The van der Waals surface area contributed by atoms with Crippen molar-refractivity contribution in [2.75, 3.05) is 0 Å². The molecule has 60 valence electrons. The van der Waals surface area contributed by atoms with E-state index in [0.29, 0.717) is 0 Å². The first kappa shape index (κ1) is 7.90. The smallest absolute Gasteiger partial charge is 0.143 e. The van der Waals surface area contributed by atoms with Gasteiger partial charge in [0.1, 0.15) is 12.2 Å². The van der Waals surface area contributed by atoms with Crippen LogP contribution < -0.4 is 11.3 Å². The number of nitrogens with one attached hydrogen (secondary N) is 2. The van der Waals surface area contributed by atoms with Gasteiger partial charge in [-0.2, -0.15) is 5.10 Å². The third-order valence-electron chi connectivity index (χ3n) is 1.37. The second kappa shape index (κ2) is 3.85. The van der Waals surface area contributed by atoms with Crippen molar-refractivity contribution in [3.8, 4) is 0 Å². The van der Waals surface area contributed by atoms with Gasteiger partial charge in [-0.1, -0.05) is 6.08 Å². The lowest BCUT2D eigenvalue weighted by molar-refractivity contribution is 0.533. The molecule has 0 aliphatic carbocycles. The van der Waals surface area contributed by atoms with Crippen molar-refractivity contribution in [3.05, 3.63) is 24.8 Å². The lowest BCUT2D eigenvalue weighted by Gasteiger charge is -2.08.